The zero-order chi connectivity index (χ0) is 13.1. The predicted molar refractivity (Wildman–Crippen MR) is 64.8 cm³/mol. The first-order valence-electron chi connectivity index (χ1n) is 6.49. The van der Waals surface area contributed by atoms with E-state index >= 15 is 0 Å². The van der Waals surface area contributed by atoms with E-state index in [2.05, 4.69) is 0 Å². The van der Waals surface area contributed by atoms with Crippen molar-refractivity contribution in [3.05, 3.63) is 0 Å². The fourth-order valence-electron chi connectivity index (χ4n) is 2.89. The molecule has 17 heavy (non-hydrogen) atoms. The first kappa shape index (κ1) is 14.5. The van der Waals surface area contributed by atoms with Gasteiger partial charge in [-0.2, -0.15) is 0 Å². The smallest absolute Gasteiger partial charge is 0.309 e. The lowest BCUT2D eigenvalue weighted by molar-refractivity contribution is -0.177. The number of carbonyl (C=O) groups is 1. The molecular formula is C13H24O4. The Morgan fingerprint density at radius 3 is 2.35 bits per heavy atom. The number of rotatable bonds is 5. The summed E-state index contributed by atoms with van der Waals surface area (Å²) in [6, 6.07) is 0. The molecule has 1 heterocycles. The molecule has 1 aliphatic heterocycles. The van der Waals surface area contributed by atoms with Gasteiger partial charge in [0.1, 0.15) is 0 Å². The second-order valence-corrected chi connectivity index (χ2v) is 5.30. The molecule has 3 atom stereocenters. The highest BCUT2D eigenvalue weighted by Gasteiger charge is 2.46. The minimum Gasteiger partial charge on any atom is -0.481 e. The Balaban J connectivity index is 2.79. The highest BCUT2D eigenvalue weighted by molar-refractivity contribution is 5.71. The van der Waals surface area contributed by atoms with Crippen LogP contribution in [0.15, 0.2) is 0 Å². The normalized spacial score (nSPS) is 35.5. The summed E-state index contributed by atoms with van der Waals surface area (Å²) in [5.74, 6) is -1.56. The summed E-state index contributed by atoms with van der Waals surface area (Å²) in [5.41, 5.74) is -1.11. The Kier molecular flexibility index (Phi) is 4.95. The van der Waals surface area contributed by atoms with Crippen LogP contribution in [-0.4, -0.2) is 34.0 Å². The first-order valence-corrected chi connectivity index (χ1v) is 6.49. The molecule has 2 N–H and O–H groups in total. The van der Waals surface area contributed by atoms with Crippen molar-refractivity contribution in [2.75, 3.05) is 0 Å². The molecule has 1 fully saturated rings. The van der Waals surface area contributed by atoms with Crippen molar-refractivity contribution < 1.29 is 19.7 Å². The Hall–Kier alpha value is -0.610. The lowest BCUT2D eigenvalue weighted by Crippen LogP contribution is -2.51. The maximum atomic E-state index is 11.3. The lowest BCUT2D eigenvalue weighted by Gasteiger charge is -2.42. The van der Waals surface area contributed by atoms with Crippen molar-refractivity contribution >= 4 is 5.97 Å². The van der Waals surface area contributed by atoms with Crippen LogP contribution < -0.4 is 0 Å². The summed E-state index contributed by atoms with van der Waals surface area (Å²) < 4.78 is 5.56. The topological polar surface area (TPSA) is 66.8 Å². The molecule has 0 bridgehead atoms. The summed E-state index contributed by atoms with van der Waals surface area (Å²) in [6.45, 7) is 5.80. The molecule has 100 valence electrons. The number of ether oxygens (including phenoxy) is 1. The van der Waals surface area contributed by atoms with Gasteiger partial charge in [0.25, 0.3) is 0 Å². The van der Waals surface area contributed by atoms with Crippen molar-refractivity contribution in [3.63, 3.8) is 0 Å². The van der Waals surface area contributed by atoms with Crippen LogP contribution in [0.5, 0.6) is 0 Å². The molecule has 0 aromatic carbocycles. The van der Waals surface area contributed by atoms with Gasteiger partial charge in [-0.15, -0.1) is 0 Å². The van der Waals surface area contributed by atoms with Crippen molar-refractivity contribution in [2.45, 2.75) is 70.7 Å². The quantitative estimate of drug-likeness (QED) is 0.778. The van der Waals surface area contributed by atoms with Crippen LogP contribution in [0.4, 0.5) is 0 Å². The molecule has 0 aromatic rings. The highest BCUT2D eigenvalue weighted by Crippen LogP contribution is 2.37. The zero-order valence-electron chi connectivity index (χ0n) is 11.0. The molecule has 0 aliphatic carbocycles. The Morgan fingerprint density at radius 1 is 1.41 bits per heavy atom. The SMILES string of the molecule is CCCCC(C(=O)O)C1(O)CC(C)OC(C)C1. The molecule has 4 heteroatoms. The summed E-state index contributed by atoms with van der Waals surface area (Å²) in [6.07, 6.45) is 3.00. The maximum Gasteiger partial charge on any atom is 0.309 e. The molecule has 1 rings (SSSR count). The van der Waals surface area contributed by atoms with Gasteiger partial charge in [0, 0.05) is 12.8 Å². The second kappa shape index (κ2) is 5.83. The van der Waals surface area contributed by atoms with Crippen LogP contribution in [0.1, 0.15) is 52.9 Å². The van der Waals surface area contributed by atoms with Gasteiger partial charge in [0.2, 0.25) is 0 Å². The molecule has 4 nitrogen and oxygen atoms in total. The zero-order valence-corrected chi connectivity index (χ0v) is 11.0. The van der Waals surface area contributed by atoms with Crippen molar-refractivity contribution in [2.24, 2.45) is 5.92 Å². The molecule has 0 aromatic heterocycles. The van der Waals surface area contributed by atoms with Crippen molar-refractivity contribution in [3.8, 4) is 0 Å². The maximum absolute atomic E-state index is 11.3. The van der Waals surface area contributed by atoms with Crippen molar-refractivity contribution in [1.29, 1.82) is 0 Å². The Labute approximate surface area is 103 Å². The van der Waals surface area contributed by atoms with Gasteiger partial charge >= 0.3 is 5.97 Å². The monoisotopic (exact) mass is 244 g/mol. The third-order valence-electron chi connectivity index (χ3n) is 3.54. The average molecular weight is 244 g/mol. The minimum atomic E-state index is -1.11. The van der Waals surface area contributed by atoms with E-state index < -0.39 is 17.5 Å². The van der Waals surface area contributed by atoms with Crippen LogP contribution in [0.3, 0.4) is 0 Å². The van der Waals surface area contributed by atoms with Gasteiger partial charge in [0.15, 0.2) is 0 Å². The molecular weight excluding hydrogens is 220 g/mol. The van der Waals surface area contributed by atoms with Crippen molar-refractivity contribution in [1.82, 2.24) is 0 Å². The molecule has 3 unspecified atom stereocenters. The number of hydrogen-bond acceptors (Lipinski definition) is 3. The third kappa shape index (κ3) is 3.68. The summed E-state index contributed by atoms with van der Waals surface area (Å²) >= 11 is 0. The molecule has 1 aliphatic rings. The van der Waals surface area contributed by atoms with Gasteiger partial charge in [-0.3, -0.25) is 4.79 Å². The number of hydrogen-bond donors (Lipinski definition) is 2. The van der Waals surface area contributed by atoms with Crippen LogP contribution >= 0.6 is 0 Å². The van der Waals surface area contributed by atoms with Gasteiger partial charge in [-0.05, 0) is 20.3 Å². The Bertz CT molecular complexity index is 254. The molecule has 0 amide bonds. The summed E-state index contributed by atoms with van der Waals surface area (Å²) in [5, 5.41) is 19.9. The van der Waals surface area contributed by atoms with Gasteiger partial charge in [-0.25, -0.2) is 0 Å². The second-order valence-electron chi connectivity index (χ2n) is 5.30. The fourth-order valence-corrected chi connectivity index (χ4v) is 2.89. The van der Waals surface area contributed by atoms with Crippen LogP contribution in [0.2, 0.25) is 0 Å². The van der Waals surface area contributed by atoms with E-state index in [1.54, 1.807) is 0 Å². The number of aliphatic hydroxyl groups is 1. The standard InChI is InChI=1S/C13H24O4/c1-4-5-6-11(12(14)15)13(16)7-9(2)17-10(3)8-13/h9-11,16H,4-8H2,1-3H3,(H,14,15). The van der Waals surface area contributed by atoms with E-state index in [9.17, 15) is 15.0 Å². The van der Waals surface area contributed by atoms with Crippen LogP contribution in [0, 0.1) is 5.92 Å². The van der Waals surface area contributed by atoms with E-state index in [0.29, 0.717) is 19.3 Å². The molecule has 1 saturated heterocycles. The van der Waals surface area contributed by atoms with E-state index in [0.717, 1.165) is 12.8 Å². The summed E-state index contributed by atoms with van der Waals surface area (Å²) in [7, 11) is 0. The minimum absolute atomic E-state index is 0.0766. The number of carboxylic acid groups (broad SMARTS) is 1. The lowest BCUT2D eigenvalue weighted by atomic mass is 9.75. The molecule has 0 radical (unpaired) electrons. The predicted octanol–water partition coefficient (Wildman–Crippen LogP) is 2.20. The number of aliphatic carboxylic acids is 1. The van der Waals surface area contributed by atoms with E-state index in [1.165, 1.54) is 0 Å². The van der Waals surface area contributed by atoms with E-state index in [4.69, 9.17) is 4.74 Å². The van der Waals surface area contributed by atoms with E-state index in [1.807, 2.05) is 20.8 Å². The van der Waals surface area contributed by atoms with E-state index in [-0.39, 0.29) is 12.2 Å². The van der Waals surface area contributed by atoms with Crippen LogP contribution in [-0.2, 0) is 9.53 Å². The summed E-state index contributed by atoms with van der Waals surface area (Å²) in [4.78, 5) is 11.3. The van der Waals surface area contributed by atoms with Gasteiger partial charge in [-0.1, -0.05) is 19.8 Å². The van der Waals surface area contributed by atoms with Crippen LogP contribution in [0.25, 0.3) is 0 Å². The highest BCUT2D eigenvalue weighted by atomic mass is 16.5. The number of unbranched alkanes of at least 4 members (excludes halogenated alkanes) is 1. The average Bonchev–Trinajstić information content (AvgIpc) is 2.14. The first-order chi connectivity index (χ1) is 7.89. The number of carboxylic acids is 1. The largest absolute Gasteiger partial charge is 0.481 e. The fraction of sp³-hybridized carbons (Fsp3) is 0.923. The molecule has 0 saturated carbocycles. The van der Waals surface area contributed by atoms with Gasteiger partial charge < -0.3 is 14.9 Å². The Morgan fingerprint density at radius 2 is 1.94 bits per heavy atom. The van der Waals surface area contributed by atoms with Gasteiger partial charge in [0.05, 0.1) is 23.7 Å². The third-order valence-corrected chi connectivity index (χ3v) is 3.54. The molecule has 0 spiro atoms.